The first kappa shape index (κ1) is 77.7. The zero-order valence-electron chi connectivity index (χ0n) is 60.5. The minimum atomic E-state index is -3.84. The maximum Gasteiger partial charge on any atom is 0.307 e. The van der Waals surface area contributed by atoms with E-state index in [0.29, 0.717) is 97.2 Å². The van der Waals surface area contributed by atoms with Crippen molar-refractivity contribution in [1.29, 1.82) is 0 Å². The van der Waals surface area contributed by atoms with Crippen molar-refractivity contribution in [1.82, 2.24) is 12.9 Å². The normalized spacial score (nSPS) is 18.1. The van der Waals surface area contributed by atoms with Gasteiger partial charge < -0.3 is 34.6 Å². The summed E-state index contributed by atoms with van der Waals surface area (Å²) in [6.07, 6.45) is 6.48. The second kappa shape index (κ2) is 33.0. The van der Waals surface area contributed by atoms with Crippen molar-refractivity contribution in [2.75, 3.05) is 94.2 Å². The number of ether oxygens (including phenoxy) is 3. The molecule has 0 spiro atoms. The van der Waals surface area contributed by atoms with Gasteiger partial charge in [-0.2, -0.15) is 12.9 Å². The number of benzene rings is 7. The molecule has 2 aromatic heterocycles. The van der Waals surface area contributed by atoms with Gasteiger partial charge in [0.25, 0.3) is 37.8 Å². The molecule has 29 heteroatoms. The number of ketones is 3. The summed E-state index contributed by atoms with van der Waals surface area (Å²) in [5.41, 5.74) is 12.5. The molecule has 3 amide bonds. The van der Waals surface area contributed by atoms with Crippen LogP contribution < -0.4 is 20.4 Å². The maximum atomic E-state index is 13.6. The molecule has 3 saturated heterocycles. The van der Waals surface area contributed by atoms with E-state index in [0.717, 1.165) is 97.4 Å². The molecule has 6 aliphatic heterocycles. The fourth-order valence-electron chi connectivity index (χ4n) is 15.7. The van der Waals surface area contributed by atoms with Crippen molar-refractivity contribution in [3.63, 3.8) is 0 Å². The minimum absolute atomic E-state index is 0.00588. The third kappa shape index (κ3) is 15.6. The second-order valence-corrected chi connectivity index (χ2v) is 35.7. The number of hydrogen-bond donors (Lipinski definition) is 1. The van der Waals surface area contributed by atoms with E-state index in [1.807, 2.05) is 60.7 Å². The Morgan fingerprint density at radius 2 is 0.890 bits per heavy atom. The Hall–Kier alpha value is -9.43. The third-order valence-electron chi connectivity index (χ3n) is 21.1. The smallest absolute Gasteiger partial charge is 0.307 e. The lowest BCUT2D eigenvalue weighted by Gasteiger charge is -2.33. The Kier molecular flexibility index (Phi) is 23.5. The van der Waals surface area contributed by atoms with Crippen molar-refractivity contribution in [2.45, 2.75) is 115 Å². The van der Waals surface area contributed by atoms with Crippen molar-refractivity contribution in [2.24, 2.45) is 5.92 Å². The van der Waals surface area contributed by atoms with Gasteiger partial charge in [-0.1, -0.05) is 79.6 Å². The van der Waals surface area contributed by atoms with Crippen LogP contribution in [0.5, 0.6) is 0 Å². The van der Waals surface area contributed by atoms with E-state index in [4.69, 9.17) is 19.9 Å². The van der Waals surface area contributed by atoms with Gasteiger partial charge in [-0.3, -0.25) is 38.4 Å². The average Bonchev–Trinajstić information content (AvgIpc) is 1.68. The number of amides is 3. The summed E-state index contributed by atoms with van der Waals surface area (Å²) in [5, 5.41) is 8.31. The number of rotatable bonds is 25. The summed E-state index contributed by atoms with van der Waals surface area (Å²) >= 11 is 2.33. The van der Waals surface area contributed by atoms with Crippen molar-refractivity contribution < 1.29 is 77.8 Å². The van der Waals surface area contributed by atoms with E-state index in [1.54, 1.807) is 99.3 Å². The van der Waals surface area contributed by atoms with Crippen LogP contribution in [0, 0.1) is 5.92 Å². The van der Waals surface area contributed by atoms with Crippen LogP contribution in [0.1, 0.15) is 118 Å². The van der Waals surface area contributed by atoms with Crippen LogP contribution in [0.2, 0.25) is 0 Å². The number of sulfonamides is 3. The molecule has 109 heavy (non-hydrogen) atoms. The van der Waals surface area contributed by atoms with Gasteiger partial charge in [-0.25, -0.2) is 25.3 Å². The van der Waals surface area contributed by atoms with E-state index in [1.165, 1.54) is 50.6 Å². The highest BCUT2D eigenvalue weighted by molar-refractivity contribution is 7.91. The molecule has 0 radical (unpaired) electrons. The van der Waals surface area contributed by atoms with Crippen LogP contribution in [-0.4, -0.2) is 171 Å². The Balaban J connectivity index is 0.000000144. The zero-order valence-corrected chi connectivity index (χ0v) is 64.5. The van der Waals surface area contributed by atoms with Gasteiger partial charge in [-0.05, 0) is 161 Å². The van der Waals surface area contributed by atoms with E-state index < -0.39 is 48.1 Å². The standard InChI is InChI=1S/C28H31N3O5S.2C26H26N2O6S2/c1-36-17-5-15-30-25-14-9-19(22-6-4-7-23(27(22)25)28(30)33)18-26(32)24-8-2-3-16-31(24)37(34,35)21-12-10-20(29)11-13-21;1-34-23(30)11-13-28-21-10-9-17(19-6-2-7-20(25(19)21)26(28)31)15-22(29)18-5-3-12-27(16-18)36(32,33)24-8-4-14-35-24;1-34-23(30)12-14-27-21-11-10-17(18-6-4-7-19(25(18)21)26(27)31)16-22(29)20-8-2-3-13-28(20)36(32,33)24-9-5-15-35-24/h4,6-7,9-14,24H,2-3,5,8,15-18,29H2,1H3;2,4,6-10,14,18H,3,5,11-13,15-16H2,1H3;4-7,9-11,15,20H,2-3,8,12-14,16H2,1H3. The van der Waals surface area contributed by atoms with Gasteiger partial charge >= 0.3 is 11.9 Å². The third-order valence-corrected chi connectivity index (χ3v) is 29.6. The number of carbonyl (C=O) groups excluding carboxylic acids is 8. The minimum Gasteiger partial charge on any atom is -0.469 e. The lowest BCUT2D eigenvalue weighted by atomic mass is 9.89. The Morgan fingerprint density at radius 3 is 1.32 bits per heavy atom. The molecule has 3 atom stereocenters. The Labute approximate surface area is 640 Å². The van der Waals surface area contributed by atoms with Crippen LogP contribution in [0.25, 0.3) is 32.3 Å². The highest BCUT2D eigenvalue weighted by Gasteiger charge is 2.42. The van der Waals surface area contributed by atoms with E-state index >= 15 is 0 Å². The molecule has 9 aromatic rings. The largest absolute Gasteiger partial charge is 0.469 e. The summed E-state index contributed by atoms with van der Waals surface area (Å²) in [6.45, 7) is 2.74. The van der Waals surface area contributed by atoms with Crippen LogP contribution in [0.15, 0.2) is 164 Å². The molecule has 15 rings (SSSR count). The van der Waals surface area contributed by atoms with Gasteiger partial charge in [0, 0.05) is 123 Å². The fraction of sp³-hybridized carbons (Fsp3) is 0.350. The number of nitrogens with two attached hydrogens (primary N) is 1. The monoisotopic (exact) mass is 1570 g/mol. The number of thiophene rings is 2. The van der Waals surface area contributed by atoms with Crippen LogP contribution in [0.3, 0.4) is 0 Å². The number of methoxy groups -OCH3 is 3. The molecular weight excluding hydrogens is 1490 g/mol. The topological polar surface area (TPSA) is 312 Å². The Morgan fingerprint density at radius 1 is 0.459 bits per heavy atom. The molecule has 0 aliphatic carbocycles. The van der Waals surface area contributed by atoms with Crippen molar-refractivity contribution in [3.05, 3.63) is 184 Å². The maximum absolute atomic E-state index is 13.6. The number of nitrogen functional groups attached to an aromatic ring is 1. The van der Waals surface area contributed by atoms with E-state index in [-0.39, 0.29) is 108 Å². The highest BCUT2D eigenvalue weighted by Crippen LogP contribution is 2.44. The first-order chi connectivity index (χ1) is 52.5. The van der Waals surface area contributed by atoms with Gasteiger partial charge in [-0.15, -0.1) is 22.7 Å². The second-order valence-electron chi connectivity index (χ2n) is 27.6. The Bertz CT molecular complexity index is 5410. The molecule has 0 bridgehead atoms. The number of anilines is 4. The van der Waals surface area contributed by atoms with Crippen LogP contribution in [-0.2, 0) is 87.5 Å². The fourth-order valence-corrected chi connectivity index (χ4v) is 22.8. The summed E-state index contributed by atoms with van der Waals surface area (Å²) in [4.78, 5) is 108. The number of hydrogen-bond acceptors (Lipinski definition) is 20. The first-order valence-electron chi connectivity index (χ1n) is 36.2. The van der Waals surface area contributed by atoms with Crippen molar-refractivity contribution >= 4 is 155 Å². The zero-order chi connectivity index (χ0) is 77.1. The SMILES string of the molecule is COC(=O)CCN1C(=O)c2cccc3c(CC(=O)C4CCCCN4S(=O)(=O)c4cccs4)ccc1c23.COC(=O)CCN1C(=O)c2cccc3c(CC(=O)C4CCCN(S(=O)(=O)c5cccs5)C4)ccc1c23.COCCCN1C(=O)c2cccc3c(CC(=O)C4CCCCN4S(=O)(=O)c4ccc(N)cc4)ccc1c23. The molecule has 6 aliphatic rings. The average molecular weight is 1570 g/mol. The predicted octanol–water partition coefficient (Wildman–Crippen LogP) is 11.2. The number of Topliss-reactive ketones (excluding diaryl/α,β-unsaturated/α-hetero) is 3. The molecular formula is C80H83N7O17S5. The van der Waals surface area contributed by atoms with Crippen LogP contribution >= 0.6 is 22.7 Å². The number of nitrogens with zero attached hydrogens (tertiary/aromatic N) is 6. The molecule has 570 valence electrons. The van der Waals surface area contributed by atoms with E-state index in [9.17, 15) is 63.6 Å². The number of esters is 2. The molecule has 8 heterocycles. The summed E-state index contributed by atoms with van der Waals surface area (Å²) < 4.78 is 98.5. The van der Waals surface area contributed by atoms with Gasteiger partial charge in [0.1, 0.15) is 14.2 Å². The molecule has 2 N–H and O–H groups in total. The molecule has 3 fully saturated rings. The van der Waals surface area contributed by atoms with Gasteiger partial charge in [0.15, 0.2) is 11.6 Å². The van der Waals surface area contributed by atoms with E-state index in [2.05, 4.69) is 0 Å². The summed E-state index contributed by atoms with van der Waals surface area (Å²) in [5.74, 6) is -1.88. The summed E-state index contributed by atoms with van der Waals surface area (Å²) in [7, 11) is -6.91. The van der Waals surface area contributed by atoms with Gasteiger partial charge in [0.2, 0.25) is 10.0 Å². The van der Waals surface area contributed by atoms with Gasteiger partial charge in [0.05, 0.1) is 61.1 Å². The lowest BCUT2D eigenvalue weighted by molar-refractivity contribution is -0.141. The number of carbonyl (C=O) groups is 8. The van der Waals surface area contributed by atoms with Crippen molar-refractivity contribution in [3.8, 4) is 0 Å². The lowest BCUT2D eigenvalue weighted by Crippen LogP contribution is -2.48. The predicted molar refractivity (Wildman–Crippen MR) is 417 cm³/mol. The molecule has 3 unspecified atom stereocenters. The molecule has 24 nitrogen and oxygen atoms in total. The number of piperidine rings is 3. The molecule has 0 saturated carbocycles. The molecule has 7 aromatic carbocycles. The summed E-state index contributed by atoms with van der Waals surface area (Å²) in [6, 6.07) is 38.7. The first-order valence-corrected chi connectivity index (χ1v) is 42.3. The quantitative estimate of drug-likeness (QED) is 0.0316. The van der Waals surface area contributed by atoms with Crippen LogP contribution in [0.4, 0.5) is 22.7 Å². The highest BCUT2D eigenvalue weighted by atomic mass is 32.3.